The van der Waals surface area contributed by atoms with E-state index in [0.29, 0.717) is 17.6 Å². The second-order valence-electron chi connectivity index (χ2n) is 12.1. The minimum absolute atomic E-state index is 0.0225. The fourth-order valence-corrected chi connectivity index (χ4v) is 6.86. The lowest BCUT2D eigenvalue weighted by Crippen LogP contribution is -2.57. The standard InChI is InChI=1S/C32H42N2O3/c1-23(2)20-34(31(36)26-8-5-4-6-9-26)29-15-14-28-22-33(21-25-12-13-25)17-16-32(28,19-29)27-10-7-11-30(18-27)37-24(3)35/h4-11,18,23,25,28-29H,12-17,19-22H2,1-3H3/t28?,29-,32?/m0/s1. The zero-order valence-corrected chi connectivity index (χ0v) is 22.7. The van der Waals surface area contributed by atoms with Crippen LogP contribution in [0.3, 0.4) is 0 Å². The molecule has 0 N–H and O–H groups in total. The number of esters is 1. The number of fused-ring (bicyclic) bond motifs is 1. The highest BCUT2D eigenvalue weighted by Gasteiger charge is 2.50. The van der Waals surface area contributed by atoms with E-state index in [1.165, 1.54) is 31.9 Å². The molecule has 0 aromatic heterocycles. The van der Waals surface area contributed by atoms with Crippen molar-refractivity contribution in [3.8, 4) is 5.75 Å². The number of rotatable bonds is 8. The molecule has 1 aliphatic heterocycles. The van der Waals surface area contributed by atoms with Crippen LogP contribution in [0.15, 0.2) is 54.6 Å². The number of hydrogen-bond acceptors (Lipinski definition) is 4. The summed E-state index contributed by atoms with van der Waals surface area (Å²) in [7, 11) is 0. The van der Waals surface area contributed by atoms with Gasteiger partial charge in [0, 0.05) is 43.6 Å². The van der Waals surface area contributed by atoms with Crippen molar-refractivity contribution in [3.05, 3.63) is 65.7 Å². The van der Waals surface area contributed by atoms with Crippen molar-refractivity contribution in [2.75, 3.05) is 26.2 Å². The van der Waals surface area contributed by atoms with Crippen LogP contribution in [0.5, 0.6) is 5.75 Å². The number of carbonyl (C=O) groups excluding carboxylic acids is 2. The molecule has 198 valence electrons. The smallest absolute Gasteiger partial charge is 0.308 e. The average molecular weight is 503 g/mol. The van der Waals surface area contributed by atoms with Gasteiger partial charge in [-0.1, -0.05) is 44.2 Å². The molecule has 3 atom stereocenters. The molecule has 5 rings (SSSR count). The largest absolute Gasteiger partial charge is 0.427 e. The van der Waals surface area contributed by atoms with Gasteiger partial charge in [0.25, 0.3) is 5.91 Å². The quantitative estimate of drug-likeness (QED) is 0.331. The summed E-state index contributed by atoms with van der Waals surface area (Å²) < 4.78 is 5.51. The summed E-state index contributed by atoms with van der Waals surface area (Å²) in [5.41, 5.74) is 2.02. The Morgan fingerprint density at radius 2 is 1.84 bits per heavy atom. The first-order valence-corrected chi connectivity index (χ1v) is 14.2. The van der Waals surface area contributed by atoms with E-state index in [0.717, 1.165) is 56.8 Å². The van der Waals surface area contributed by atoms with Crippen LogP contribution in [0, 0.1) is 17.8 Å². The Labute approximate surface area is 222 Å². The molecule has 1 heterocycles. The van der Waals surface area contributed by atoms with Gasteiger partial charge in [0.05, 0.1) is 0 Å². The Bertz CT molecular complexity index is 1100. The van der Waals surface area contributed by atoms with Crippen LogP contribution in [-0.4, -0.2) is 53.9 Å². The number of hydrogen-bond donors (Lipinski definition) is 0. The highest BCUT2D eigenvalue weighted by atomic mass is 16.5. The van der Waals surface area contributed by atoms with Gasteiger partial charge in [0.15, 0.2) is 0 Å². The molecule has 3 fully saturated rings. The van der Waals surface area contributed by atoms with Crippen molar-refractivity contribution >= 4 is 11.9 Å². The third kappa shape index (κ3) is 5.93. The van der Waals surface area contributed by atoms with Gasteiger partial charge in [-0.25, -0.2) is 0 Å². The molecule has 0 bridgehead atoms. The van der Waals surface area contributed by atoms with Crippen LogP contribution in [0.4, 0.5) is 0 Å². The SMILES string of the molecule is CC(=O)Oc1cccc(C23CCN(CC4CC4)CC2CC[C@H](N(CC(C)C)C(=O)c2ccccc2)C3)c1. The summed E-state index contributed by atoms with van der Waals surface area (Å²) in [6, 6.07) is 18.2. The second-order valence-corrected chi connectivity index (χ2v) is 12.1. The lowest BCUT2D eigenvalue weighted by atomic mass is 9.57. The van der Waals surface area contributed by atoms with Crippen molar-refractivity contribution in [1.29, 1.82) is 0 Å². The molecule has 1 saturated heterocycles. The third-order valence-electron chi connectivity index (χ3n) is 8.75. The zero-order valence-electron chi connectivity index (χ0n) is 22.7. The summed E-state index contributed by atoms with van der Waals surface area (Å²) in [6.07, 6.45) is 6.96. The van der Waals surface area contributed by atoms with E-state index in [1.807, 2.05) is 42.5 Å². The topological polar surface area (TPSA) is 49.9 Å². The number of likely N-dealkylation sites (tertiary alicyclic amines) is 1. The van der Waals surface area contributed by atoms with E-state index in [1.54, 1.807) is 0 Å². The molecule has 1 amide bonds. The first kappa shape index (κ1) is 26.0. The average Bonchev–Trinajstić information content (AvgIpc) is 3.71. The van der Waals surface area contributed by atoms with Gasteiger partial charge in [0.2, 0.25) is 0 Å². The zero-order chi connectivity index (χ0) is 26.0. The van der Waals surface area contributed by atoms with Crippen molar-refractivity contribution < 1.29 is 14.3 Å². The summed E-state index contributed by atoms with van der Waals surface area (Å²) in [4.78, 5) is 30.4. The van der Waals surface area contributed by atoms with E-state index in [2.05, 4.69) is 35.8 Å². The molecule has 5 heteroatoms. The Morgan fingerprint density at radius 3 is 2.54 bits per heavy atom. The molecule has 0 spiro atoms. The van der Waals surface area contributed by atoms with Gasteiger partial charge in [-0.2, -0.15) is 0 Å². The van der Waals surface area contributed by atoms with Gasteiger partial charge in [-0.3, -0.25) is 9.59 Å². The van der Waals surface area contributed by atoms with E-state index in [-0.39, 0.29) is 23.3 Å². The predicted octanol–water partition coefficient (Wildman–Crippen LogP) is 5.93. The molecular weight excluding hydrogens is 460 g/mol. The minimum atomic E-state index is -0.288. The molecule has 2 saturated carbocycles. The lowest BCUT2D eigenvalue weighted by molar-refractivity contribution is -0.131. The summed E-state index contributed by atoms with van der Waals surface area (Å²) in [6.45, 7) is 10.1. The minimum Gasteiger partial charge on any atom is -0.427 e. The maximum Gasteiger partial charge on any atom is 0.308 e. The van der Waals surface area contributed by atoms with Crippen LogP contribution in [-0.2, 0) is 10.2 Å². The van der Waals surface area contributed by atoms with E-state index in [9.17, 15) is 9.59 Å². The molecule has 0 radical (unpaired) electrons. The summed E-state index contributed by atoms with van der Waals surface area (Å²) in [5.74, 6) is 2.31. The van der Waals surface area contributed by atoms with Crippen LogP contribution in [0.25, 0.3) is 0 Å². The Hall–Kier alpha value is -2.66. The van der Waals surface area contributed by atoms with Gasteiger partial charge in [-0.15, -0.1) is 0 Å². The van der Waals surface area contributed by atoms with Gasteiger partial charge in [-0.05, 0) is 92.7 Å². The summed E-state index contributed by atoms with van der Waals surface area (Å²) >= 11 is 0. The highest BCUT2D eigenvalue weighted by Crippen LogP contribution is 2.51. The molecular formula is C32H42N2O3. The van der Waals surface area contributed by atoms with Crippen LogP contribution in [0.1, 0.15) is 75.2 Å². The fraction of sp³-hybridized carbons (Fsp3) is 0.562. The van der Waals surface area contributed by atoms with E-state index < -0.39 is 0 Å². The third-order valence-corrected chi connectivity index (χ3v) is 8.75. The van der Waals surface area contributed by atoms with Crippen molar-refractivity contribution in [2.45, 2.75) is 70.8 Å². The molecule has 2 aliphatic carbocycles. The van der Waals surface area contributed by atoms with Gasteiger partial charge in [0.1, 0.15) is 5.75 Å². The predicted molar refractivity (Wildman–Crippen MR) is 147 cm³/mol. The normalized spacial score (nSPS) is 25.9. The molecule has 37 heavy (non-hydrogen) atoms. The number of nitrogens with zero attached hydrogens (tertiary/aromatic N) is 2. The van der Waals surface area contributed by atoms with Crippen LogP contribution < -0.4 is 4.74 Å². The maximum atomic E-state index is 13.8. The van der Waals surface area contributed by atoms with Crippen molar-refractivity contribution in [2.24, 2.45) is 17.8 Å². The lowest BCUT2D eigenvalue weighted by Gasteiger charge is -2.55. The maximum absolute atomic E-state index is 13.8. The van der Waals surface area contributed by atoms with E-state index in [4.69, 9.17) is 4.74 Å². The number of carbonyl (C=O) groups is 2. The van der Waals surface area contributed by atoms with Crippen molar-refractivity contribution in [1.82, 2.24) is 9.80 Å². The fourth-order valence-electron chi connectivity index (χ4n) is 6.86. The molecule has 2 aromatic rings. The summed E-state index contributed by atoms with van der Waals surface area (Å²) in [5, 5.41) is 0. The first-order valence-electron chi connectivity index (χ1n) is 14.2. The Balaban J connectivity index is 1.47. The number of benzene rings is 2. The van der Waals surface area contributed by atoms with E-state index >= 15 is 0 Å². The highest BCUT2D eigenvalue weighted by molar-refractivity contribution is 5.94. The van der Waals surface area contributed by atoms with Gasteiger partial charge >= 0.3 is 5.97 Å². The van der Waals surface area contributed by atoms with Crippen molar-refractivity contribution in [3.63, 3.8) is 0 Å². The van der Waals surface area contributed by atoms with Gasteiger partial charge < -0.3 is 14.5 Å². The second kappa shape index (κ2) is 11.0. The Morgan fingerprint density at radius 1 is 1.05 bits per heavy atom. The monoisotopic (exact) mass is 502 g/mol. The van der Waals surface area contributed by atoms with Crippen LogP contribution >= 0.6 is 0 Å². The Kier molecular flexibility index (Phi) is 7.71. The van der Waals surface area contributed by atoms with Crippen LogP contribution in [0.2, 0.25) is 0 Å². The number of ether oxygens (including phenoxy) is 1. The first-order chi connectivity index (χ1) is 17.8. The molecule has 2 unspecified atom stereocenters. The number of amides is 1. The molecule has 5 nitrogen and oxygen atoms in total. The molecule has 3 aliphatic rings. The number of piperidine rings is 1. The molecule has 2 aromatic carbocycles.